The first-order valence-electron chi connectivity index (χ1n) is 18.8. The van der Waals surface area contributed by atoms with Gasteiger partial charge in [0.1, 0.15) is 41.2 Å². The lowest BCUT2D eigenvalue weighted by atomic mass is 9.95. The Bertz CT molecular complexity index is 2030. The van der Waals surface area contributed by atoms with Crippen LogP contribution in [0.3, 0.4) is 0 Å². The number of nitrogens with zero attached hydrogens (tertiary/aromatic N) is 6. The van der Waals surface area contributed by atoms with Gasteiger partial charge in [-0.2, -0.15) is 9.97 Å². The van der Waals surface area contributed by atoms with Crippen molar-refractivity contribution in [2.45, 2.75) is 95.6 Å². The molecule has 6 heterocycles. The summed E-state index contributed by atoms with van der Waals surface area (Å²) in [5.74, 6) is 0.418. The minimum absolute atomic E-state index is 0.0327. The van der Waals surface area contributed by atoms with E-state index in [9.17, 15) is 9.18 Å². The van der Waals surface area contributed by atoms with E-state index < -0.39 is 23.1 Å². The number of hydrogen-bond donors (Lipinski definition) is 0. The molecule has 0 N–H and O–H groups in total. The molecule has 2 bridgehead atoms. The summed E-state index contributed by atoms with van der Waals surface area (Å²) in [4.78, 5) is 33.8. The van der Waals surface area contributed by atoms with Gasteiger partial charge < -0.3 is 23.8 Å². The van der Waals surface area contributed by atoms with Crippen LogP contribution < -0.4 is 14.4 Å². The summed E-state index contributed by atoms with van der Waals surface area (Å²) in [6.45, 7) is 10.1. The molecule has 2 aromatic heterocycles. The molecular formula is C40H48F2N6O5. The highest BCUT2D eigenvalue weighted by atomic mass is 19.1. The Morgan fingerprint density at radius 3 is 2.60 bits per heavy atom. The van der Waals surface area contributed by atoms with Gasteiger partial charge in [-0.3, -0.25) is 14.8 Å². The maximum Gasteiger partial charge on any atom is 0.410 e. The number of aryl methyl sites for hydroxylation is 1. The predicted octanol–water partition coefficient (Wildman–Crippen LogP) is 7.07. The molecule has 13 heteroatoms. The zero-order valence-electron chi connectivity index (χ0n) is 31.2. The van der Waals surface area contributed by atoms with Crippen molar-refractivity contribution in [2.24, 2.45) is 0 Å². The molecule has 8 rings (SSSR count). The fourth-order valence-corrected chi connectivity index (χ4v) is 9.02. The van der Waals surface area contributed by atoms with Gasteiger partial charge in [-0.1, -0.05) is 25.1 Å². The van der Waals surface area contributed by atoms with E-state index in [0.29, 0.717) is 48.6 Å². The summed E-state index contributed by atoms with van der Waals surface area (Å²) in [5.41, 5.74) is 0.795. The van der Waals surface area contributed by atoms with Crippen molar-refractivity contribution in [3.63, 3.8) is 0 Å². The number of methoxy groups -OCH3 is 1. The van der Waals surface area contributed by atoms with Gasteiger partial charge in [0, 0.05) is 44.9 Å². The van der Waals surface area contributed by atoms with Crippen LogP contribution in [0.5, 0.6) is 11.8 Å². The first-order chi connectivity index (χ1) is 25.5. The summed E-state index contributed by atoms with van der Waals surface area (Å²) in [6, 6.07) is 9.54. The van der Waals surface area contributed by atoms with Crippen LogP contribution in [-0.2, 0) is 15.9 Å². The fourth-order valence-electron chi connectivity index (χ4n) is 9.02. The second kappa shape index (κ2) is 13.8. The number of hydrogen-bond acceptors (Lipinski definition) is 10. The summed E-state index contributed by atoms with van der Waals surface area (Å²) >= 11 is 0. The average Bonchev–Trinajstić information content (AvgIpc) is 3.75. The van der Waals surface area contributed by atoms with Crippen molar-refractivity contribution in [3.05, 3.63) is 47.9 Å². The minimum Gasteiger partial charge on any atom is -0.468 e. The van der Waals surface area contributed by atoms with Gasteiger partial charge in [-0.15, -0.1) is 0 Å². The van der Waals surface area contributed by atoms with Crippen molar-refractivity contribution in [1.82, 2.24) is 24.8 Å². The van der Waals surface area contributed by atoms with Gasteiger partial charge in [0.05, 0.1) is 23.0 Å². The van der Waals surface area contributed by atoms with Crippen molar-refractivity contribution < 1.29 is 32.5 Å². The van der Waals surface area contributed by atoms with E-state index in [1.807, 2.05) is 49.9 Å². The van der Waals surface area contributed by atoms with Crippen LogP contribution in [0.2, 0.25) is 0 Å². The van der Waals surface area contributed by atoms with Crippen LogP contribution in [0, 0.1) is 5.82 Å². The van der Waals surface area contributed by atoms with E-state index in [1.54, 1.807) is 19.4 Å². The smallest absolute Gasteiger partial charge is 0.410 e. The van der Waals surface area contributed by atoms with Crippen LogP contribution in [0.4, 0.5) is 19.4 Å². The molecule has 4 aliphatic heterocycles. The van der Waals surface area contributed by atoms with Crippen LogP contribution in [0.15, 0.2) is 36.5 Å². The standard InChI is InChI=1S/C40H48F2N6O5/c1-6-24-9-7-10-25-15-29(52-23-50-5)16-30(32(24)25)34-33(42)35-31(18-43-34)36(45-37(44-35)51-22-40-13-8-14-47(40)19-26(41)17-40)46-20-27-11-12-28(21-46)48(27)38(49)53-39(2,3)4/h7,9-10,15-16,18,26-28H,6,8,11-14,17,19-23H2,1-5H3/t26-,27?,28?,40+/m1/s1. The molecule has 4 aliphatic rings. The highest BCUT2D eigenvalue weighted by molar-refractivity contribution is 6.01. The quantitative estimate of drug-likeness (QED) is 0.166. The molecule has 0 aliphatic carbocycles. The van der Waals surface area contributed by atoms with Gasteiger partial charge in [0.25, 0.3) is 0 Å². The van der Waals surface area contributed by atoms with E-state index >= 15 is 4.39 Å². The number of halogens is 2. The first-order valence-corrected chi connectivity index (χ1v) is 18.8. The van der Waals surface area contributed by atoms with Crippen molar-refractivity contribution in [2.75, 3.05) is 51.6 Å². The van der Waals surface area contributed by atoms with E-state index in [-0.39, 0.29) is 48.8 Å². The van der Waals surface area contributed by atoms with Gasteiger partial charge in [0.2, 0.25) is 0 Å². The number of ether oxygens (including phenoxy) is 4. The minimum atomic E-state index is -0.915. The molecule has 4 atom stereocenters. The predicted molar refractivity (Wildman–Crippen MR) is 198 cm³/mol. The van der Waals surface area contributed by atoms with Gasteiger partial charge in [0.15, 0.2) is 12.6 Å². The van der Waals surface area contributed by atoms with E-state index in [2.05, 4.69) is 16.7 Å². The molecule has 282 valence electrons. The second-order valence-corrected chi connectivity index (χ2v) is 15.9. The number of amides is 1. The lowest BCUT2D eigenvalue weighted by Crippen LogP contribution is -2.57. The normalized spacial score (nSPS) is 24.3. The Hall–Kier alpha value is -4.36. The Kier molecular flexibility index (Phi) is 9.29. The third-order valence-corrected chi connectivity index (χ3v) is 11.3. The number of rotatable bonds is 9. The lowest BCUT2D eigenvalue weighted by molar-refractivity contribution is 0.0122. The zero-order valence-corrected chi connectivity index (χ0v) is 31.2. The monoisotopic (exact) mass is 730 g/mol. The highest BCUT2D eigenvalue weighted by Gasteiger charge is 2.50. The number of benzene rings is 2. The molecule has 4 aromatic rings. The number of piperazine rings is 1. The SMILES string of the molecule is CCc1cccc2cc(OCOC)cc(-c3ncc4c(N5CC6CCC(C5)N6C(=O)OC(C)(C)C)nc(OC[C@@]56CCCN5C[C@H](F)C6)nc4c3F)c12. The van der Waals surface area contributed by atoms with Gasteiger partial charge in [-0.05, 0) is 87.9 Å². The molecule has 2 unspecified atom stereocenters. The molecule has 0 spiro atoms. The number of anilines is 1. The third-order valence-electron chi connectivity index (χ3n) is 11.3. The molecule has 0 saturated carbocycles. The van der Waals surface area contributed by atoms with Crippen LogP contribution in [0.1, 0.15) is 65.4 Å². The number of carbonyl (C=O) groups excluding carboxylic acids is 1. The van der Waals surface area contributed by atoms with E-state index in [4.69, 9.17) is 33.9 Å². The highest BCUT2D eigenvalue weighted by Crippen LogP contribution is 2.43. The second-order valence-electron chi connectivity index (χ2n) is 15.9. The molecular weight excluding hydrogens is 682 g/mol. The lowest BCUT2D eigenvalue weighted by Gasteiger charge is -2.42. The van der Waals surface area contributed by atoms with Crippen LogP contribution in [-0.4, -0.2) is 107 Å². The summed E-state index contributed by atoms with van der Waals surface area (Å²) in [6.07, 6.45) is 4.95. The Labute approximate surface area is 308 Å². The molecule has 4 saturated heterocycles. The molecule has 0 radical (unpaired) electrons. The maximum absolute atomic E-state index is 17.3. The number of fused-ring (bicyclic) bond motifs is 5. The molecule has 11 nitrogen and oxygen atoms in total. The number of carbonyl (C=O) groups is 1. The van der Waals surface area contributed by atoms with E-state index in [1.165, 1.54) is 0 Å². The average molecular weight is 731 g/mol. The number of aromatic nitrogens is 3. The van der Waals surface area contributed by atoms with Crippen molar-refractivity contribution in [1.29, 1.82) is 0 Å². The van der Waals surface area contributed by atoms with Gasteiger partial charge >= 0.3 is 12.1 Å². The largest absolute Gasteiger partial charge is 0.468 e. The Morgan fingerprint density at radius 1 is 1.08 bits per heavy atom. The topological polar surface area (TPSA) is 102 Å². The van der Waals surface area contributed by atoms with Crippen LogP contribution >= 0.6 is 0 Å². The molecule has 4 fully saturated rings. The van der Waals surface area contributed by atoms with E-state index in [0.717, 1.165) is 55.0 Å². The zero-order chi connectivity index (χ0) is 37.1. The van der Waals surface area contributed by atoms with Crippen molar-refractivity contribution in [3.8, 4) is 23.0 Å². The maximum atomic E-state index is 17.3. The third kappa shape index (κ3) is 6.60. The van der Waals surface area contributed by atoms with Crippen LogP contribution in [0.25, 0.3) is 32.9 Å². The molecule has 2 aromatic carbocycles. The number of alkyl halides is 1. The molecule has 53 heavy (non-hydrogen) atoms. The van der Waals surface area contributed by atoms with Crippen molar-refractivity contribution >= 4 is 33.6 Å². The Morgan fingerprint density at radius 2 is 1.87 bits per heavy atom. The Balaban J connectivity index is 1.22. The molecule has 1 amide bonds. The number of pyridine rings is 1. The van der Waals surface area contributed by atoms with Gasteiger partial charge in [-0.25, -0.2) is 13.6 Å². The fraction of sp³-hybridized carbons (Fsp3) is 0.550. The summed E-state index contributed by atoms with van der Waals surface area (Å²) in [5, 5.41) is 2.22. The summed E-state index contributed by atoms with van der Waals surface area (Å²) in [7, 11) is 1.55. The summed E-state index contributed by atoms with van der Waals surface area (Å²) < 4.78 is 55.1. The first kappa shape index (κ1) is 35.7.